The molecule has 5 nitrogen and oxygen atoms in total. The van der Waals surface area contributed by atoms with E-state index in [1.54, 1.807) is 6.07 Å². The number of rotatable bonds is 2. The summed E-state index contributed by atoms with van der Waals surface area (Å²) in [6.45, 7) is 0.265. The molecule has 1 aliphatic heterocycles. The van der Waals surface area contributed by atoms with Crippen LogP contribution in [0.25, 0.3) is 0 Å². The Balaban J connectivity index is 1.88. The van der Waals surface area contributed by atoms with Crippen LogP contribution in [0.1, 0.15) is 37.7 Å². The zero-order valence-electron chi connectivity index (χ0n) is 12.9. The molecule has 1 aromatic heterocycles. The Bertz CT molecular complexity index is 849. The fourth-order valence-electron chi connectivity index (χ4n) is 2.80. The normalized spacial score (nSPS) is 14.1. The van der Waals surface area contributed by atoms with E-state index in [2.05, 4.69) is 4.98 Å². The molecule has 0 atom stereocenters. The van der Waals surface area contributed by atoms with Gasteiger partial charge < -0.3 is 10.0 Å². The van der Waals surface area contributed by atoms with Crippen molar-refractivity contribution >= 4 is 11.9 Å². The van der Waals surface area contributed by atoms with Crippen molar-refractivity contribution in [2.45, 2.75) is 19.1 Å². The van der Waals surface area contributed by atoms with E-state index in [-0.39, 0.29) is 25.2 Å². The molecule has 3 rings (SSSR count). The van der Waals surface area contributed by atoms with E-state index in [0.717, 1.165) is 12.1 Å². The highest BCUT2D eigenvalue weighted by atomic mass is 19.4. The Morgan fingerprint density at radius 2 is 1.84 bits per heavy atom. The van der Waals surface area contributed by atoms with Gasteiger partial charge in [-0.1, -0.05) is 18.2 Å². The largest absolute Gasteiger partial charge is 0.477 e. The van der Waals surface area contributed by atoms with Crippen LogP contribution in [0.5, 0.6) is 0 Å². The molecule has 0 fully saturated rings. The van der Waals surface area contributed by atoms with Crippen molar-refractivity contribution in [1.29, 1.82) is 0 Å². The third-order valence-corrected chi connectivity index (χ3v) is 4.02. The van der Waals surface area contributed by atoms with Gasteiger partial charge in [-0.15, -0.1) is 0 Å². The van der Waals surface area contributed by atoms with Gasteiger partial charge >= 0.3 is 12.1 Å². The molecule has 1 aliphatic rings. The van der Waals surface area contributed by atoms with Crippen LogP contribution in [0.15, 0.2) is 36.4 Å². The van der Waals surface area contributed by atoms with Gasteiger partial charge in [0, 0.05) is 25.2 Å². The summed E-state index contributed by atoms with van der Waals surface area (Å²) in [6.07, 6.45) is -4.33. The highest BCUT2D eigenvalue weighted by Gasteiger charge is 2.36. The fraction of sp³-hybridized carbons (Fsp3) is 0.235. The second-order valence-corrected chi connectivity index (χ2v) is 5.63. The van der Waals surface area contributed by atoms with Gasteiger partial charge in [0.05, 0.1) is 11.1 Å². The number of carboxylic acid groups (broad SMARTS) is 1. The van der Waals surface area contributed by atoms with Gasteiger partial charge in [0.1, 0.15) is 5.69 Å². The molecule has 0 aliphatic carbocycles. The predicted octanol–water partition coefficient (Wildman–Crippen LogP) is 3.00. The van der Waals surface area contributed by atoms with Crippen molar-refractivity contribution in [3.63, 3.8) is 0 Å². The summed E-state index contributed by atoms with van der Waals surface area (Å²) in [7, 11) is 0. The van der Waals surface area contributed by atoms with Gasteiger partial charge in [0.15, 0.2) is 0 Å². The Morgan fingerprint density at radius 3 is 2.52 bits per heavy atom. The van der Waals surface area contributed by atoms with Crippen LogP contribution >= 0.6 is 0 Å². The molecular weight excluding hydrogens is 337 g/mol. The van der Waals surface area contributed by atoms with Gasteiger partial charge in [0.2, 0.25) is 0 Å². The molecular formula is C17H13F3N2O3. The number of nitrogens with zero attached hydrogens (tertiary/aromatic N) is 2. The van der Waals surface area contributed by atoms with Crippen molar-refractivity contribution in [3.8, 4) is 0 Å². The molecule has 0 bridgehead atoms. The Hall–Kier alpha value is -2.90. The van der Waals surface area contributed by atoms with E-state index in [1.165, 1.54) is 23.1 Å². The number of hydrogen-bond acceptors (Lipinski definition) is 3. The van der Waals surface area contributed by atoms with Crippen LogP contribution < -0.4 is 0 Å². The van der Waals surface area contributed by atoms with Crippen molar-refractivity contribution in [3.05, 3.63) is 64.5 Å². The SMILES string of the molecule is O=C(O)c1ccc2c(n1)CCN(C(=O)c1ccccc1C(F)(F)F)C2. The van der Waals surface area contributed by atoms with E-state index < -0.39 is 29.2 Å². The second kappa shape index (κ2) is 6.19. The monoisotopic (exact) mass is 350 g/mol. The number of pyridine rings is 1. The number of carboxylic acids is 1. The lowest BCUT2D eigenvalue weighted by Gasteiger charge is -2.29. The number of halogens is 3. The molecule has 8 heteroatoms. The lowest BCUT2D eigenvalue weighted by atomic mass is 10.0. The van der Waals surface area contributed by atoms with Gasteiger partial charge in [-0.3, -0.25) is 4.79 Å². The number of benzene rings is 1. The maximum absolute atomic E-state index is 13.1. The zero-order valence-corrected chi connectivity index (χ0v) is 12.9. The minimum Gasteiger partial charge on any atom is -0.477 e. The van der Waals surface area contributed by atoms with E-state index in [1.807, 2.05) is 0 Å². The molecule has 2 aromatic rings. The van der Waals surface area contributed by atoms with E-state index in [9.17, 15) is 22.8 Å². The third-order valence-electron chi connectivity index (χ3n) is 4.02. The fourth-order valence-corrected chi connectivity index (χ4v) is 2.80. The number of alkyl halides is 3. The molecule has 2 heterocycles. The molecule has 0 unspecified atom stereocenters. The standard InChI is InChI=1S/C17H13F3N2O3/c18-17(19,20)12-4-2-1-3-11(12)15(23)22-8-7-13-10(9-22)5-6-14(21-13)16(24)25/h1-6H,7-9H2,(H,24,25). The van der Waals surface area contributed by atoms with Gasteiger partial charge in [-0.2, -0.15) is 13.2 Å². The van der Waals surface area contributed by atoms with Crippen LogP contribution in [0.2, 0.25) is 0 Å². The number of carbonyl (C=O) groups excluding carboxylic acids is 1. The highest BCUT2D eigenvalue weighted by molar-refractivity contribution is 5.96. The van der Waals surface area contributed by atoms with Crippen molar-refractivity contribution in [2.24, 2.45) is 0 Å². The topological polar surface area (TPSA) is 70.5 Å². The molecule has 0 radical (unpaired) electrons. The number of aromatic nitrogens is 1. The molecule has 0 saturated heterocycles. The smallest absolute Gasteiger partial charge is 0.417 e. The summed E-state index contributed by atoms with van der Waals surface area (Å²) in [6, 6.07) is 7.53. The average molecular weight is 350 g/mol. The lowest BCUT2D eigenvalue weighted by molar-refractivity contribution is -0.138. The highest BCUT2D eigenvalue weighted by Crippen LogP contribution is 2.33. The van der Waals surface area contributed by atoms with E-state index in [0.29, 0.717) is 11.3 Å². The maximum Gasteiger partial charge on any atom is 0.417 e. The summed E-state index contributed by atoms with van der Waals surface area (Å²) >= 11 is 0. The molecule has 1 aromatic carbocycles. The Morgan fingerprint density at radius 1 is 1.12 bits per heavy atom. The first-order valence-electron chi connectivity index (χ1n) is 7.45. The van der Waals surface area contributed by atoms with Crippen LogP contribution in [-0.2, 0) is 19.1 Å². The summed E-state index contributed by atoms with van der Waals surface area (Å²) in [5.41, 5.74) is -0.276. The van der Waals surface area contributed by atoms with Crippen LogP contribution in [0.3, 0.4) is 0 Å². The molecule has 0 saturated carbocycles. The first-order chi connectivity index (χ1) is 11.8. The average Bonchev–Trinajstić information content (AvgIpc) is 2.59. The minimum atomic E-state index is -4.61. The van der Waals surface area contributed by atoms with E-state index in [4.69, 9.17) is 5.11 Å². The first kappa shape index (κ1) is 16.9. The number of amides is 1. The predicted molar refractivity (Wildman–Crippen MR) is 81.1 cm³/mol. The third kappa shape index (κ3) is 3.33. The van der Waals surface area contributed by atoms with Crippen molar-refractivity contribution in [1.82, 2.24) is 9.88 Å². The van der Waals surface area contributed by atoms with Crippen molar-refractivity contribution in [2.75, 3.05) is 6.54 Å². The van der Waals surface area contributed by atoms with Gasteiger partial charge in [-0.05, 0) is 23.8 Å². The lowest BCUT2D eigenvalue weighted by Crippen LogP contribution is -2.37. The van der Waals surface area contributed by atoms with Crippen LogP contribution in [0.4, 0.5) is 13.2 Å². The summed E-state index contributed by atoms with van der Waals surface area (Å²) in [5.74, 6) is -1.86. The van der Waals surface area contributed by atoms with Gasteiger partial charge in [-0.25, -0.2) is 9.78 Å². The van der Waals surface area contributed by atoms with Crippen LogP contribution in [-0.4, -0.2) is 33.4 Å². The second-order valence-electron chi connectivity index (χ2n) is 5.63. The van der Waals surface area contributed by atoms with Crippen LogP contribution in [0, 0.1) is 0 Å². The first-order valence-corrected chi connectivity index (χ1v) is 7.45. The van der Waals surface area contributed by atoms with Crippen molar-refractivity contribution < 1.29 is 27.9 Å². The Labute approximate surface area is 140 Å². The Kier molecular flexibility index (Phi) is 4.20. The molecule has 1 amide bonds. The summed E-state index contributed by atoms with van der Waals surface area (Å²) < 4.78 is 39.3. The molecule has 25 heavy (non-hydrogen) atoms. The number of aromatic carboxylic acids is 1. The molecule has 1 N–H and O–H groups in total. The maximum atomic E-state index is 13.1. The number of carbonyl (C=O) groups is 2. The summed E-state index contributed by atoms with van der Waals surface area (Å²) in [4.78, 5) is 28.8. The molecule has 0 spiro atoms. The quantitative estimate of drug-likeness (QED) is 0.904. The zero-order chi connectivity index (χ0) is 18.2. The molecule has 130 valence electrons. The minimum absolute atomic E-state index is 0.0905. The van der Waals surface area contributed by atoms with E-state index >= 15 is 0 Å². The van der Waals surface area contributed by atoms with Gasteiger partial charge in [0.25, 0.3) is 5.91 Å². The number of hydrogen-bond donors (Lipinski definition) is 1. The number of fused-ring (bicyclic) bond motifs is 1. The summed E-state index contributed by atoms with van der Waals surface area (Å²) in [5, 5.41) is 8.95.